The number of fused-ring (bicyclic) bond motifs is 1. The van der Waals surface area contributed by atoms with Gasteiger partial charge in [-0.1, -0.05) is 11.6 Å². The molecule has 188 valence electrons. The maximum absolute atomic E-state index is 14.9. The van der Waals surface area contributed by atoms with Gasteiger partial charge in [0.25, 0.3) is 6.01 Å². The minimum absolute atomic E-state index is 0.00735. The van der Waals surface area contributed by atoms with Gasteiger partial charge in [-0.25, -0.2) is 17.8 Å². The van der Waals surface area contributed by atoms with Crippen LogP contribution in [0.2, 0.25) is 5.02 Å². The number of aromatic amines is 1. The highest BCUT2D eigenvalue weighted by atomic mass is 35.5. The molecule has 0 saturated heterocycles. The largest absolute Gasteiger partial charge is 0.493 e. The van der Waals surface area contributed by atoms with Gasteiger partial charge < -0.3 is 14.6 Å². The fourth-order valence-electron chi connectivity index (χ4n) is 4.01. The summed E-state index contributed by atoms with van der Waals surface area (Å²) in [7, 11) is -3.08. The fourth-order valence-corrected chi connectivity index (χ4v) is 4.90. The highest BCUT2D eigenvalue weighted by Crippen LogP contribution is 2.33. The van der Waals surface area contributed by atoms with Crippen molar-refractivity contribution >= 4 is 38.6 Å². The fraction of sp³-hybridized carbons (Fsp3) is 0.435. The number of benzene rings is 1. The molecule has 2 aromatic heterocycles. The van der Waals surface area contributed by atoms with Gasteiger partial charge in [0.1, 0.15) is 33.0 Å². The van der Waals surface area contributed by atoms with Gasteiger partial charge in [-0.15, -0.1) is 0 Å². The lowest BCUT2D eigenvalue weighted by Crippen LogP contribution is -2.28. The maximum Gasteiger partial charge on any atom is 0.306 e. The third-order valence-corrected chi connectivity index (χ3v) is 7.15. The molecule has 35 heavy (non-hydrogen) atoms. The summed E-state index contributed by atoms with van der Waals surface area (Å²) in [6.07, 6.45) is 3.62. The van der Waals surface area contributed by atoms with Crippen LogP contribution in [0.4, 0.5) is 4.39 Å². The molecule has 1 saturated carbocycles. The number of sulfone groups is 1. The van der Waals surface area contributed by atoms with E-state index >= 15 is 0 Å². The van der Waals surface area contributed by atoms with Crippen LogP contribution in [0.3, 0.4) is 0 Å². The third-order valence-electron chi connectivity index (χ3n) is 5.83. The lowest BCUT2D eigenvalue weighted by Gasteiger charge is -2.25. The predicted octanol–water partition coefficient (Wildman–Crippen LogP) is 4.25. The number of hydrogen-bond donors (Lipinski definition) is 2. The van der Waals surface area contributed by atoms with Crippen LogP contribution in [-0.2, 0) is 14.6 Å². The molecule has 0 amide bonds. The first-order valence-electron chi connectivity index (χ1n) is 11.2. The van der Waals surface area contributed by atoms with E-state index in [1.807, 2.05) is 0 Å². The SMILES string of the molecule is CS(=O)(=O)CCCOc1ccc(-c2nc3[nH]c(O[C@H]4CC[C@H](C(=O)O)CC4)nc3cc2Cl)c(F)c1. The number of aromatic nitrogens is 3. The monoisotopic (exact) mass is 525 g/mol. The van der Waals surface area contributed by atoms with Crippen molar-refractivity contribution in [3.05, 3.63) is 35.1 Å². The van der Waals surface area contributed by atoms with E-state index in [4.69, 9.17) is 26.2 Å². The topological polar surface area (TPSA) is 131 Å². The number of H-pyrrole nitrogens is 1. The lowest BCUT2D eigenvalue weighted by molar-refractivity contribution is -0.143. The van der Waals surface area contributed by atoms with Crippen LogP contribution in [0, 0.1) is 11.7 Å². The molecule has 0 bridgehead atoms. The second-order valence-electron chi connectivity index (χ2n) is 8.63. The number of carbonyl (C=O) groups is 1. The van der Waals surface area contributed by atoms with Crippen molar-refractivity contribution in [2.24, 2.45) is 5.92 Å². The number of aliphatic carboxylic acids is 1. The Balaban J connectivity index is 1.46. The number of nitrogens with one attached hydrogen (secondary N) is 1. The van der Waals surface area contributed by atoms with Crippen molar-refractivity contribution in [3.63, 3.8) is 0 Å². The minimum atomic E-state index is -3.08. The summed E-state index contributed by atoms with van der Waals surface area (Å²) in [6, 6.07) is 6.08. The molecule has 2 N–H and O–H groups in total. The van der Waals surface area contributed by atoms with Crippen molar-refractivity contribution in [1.82, 2.24) is 15.0 Å². The van der Waals surface area contributed by atoms with Crippen LogP contribution in [0.1, 0.15) is 32.1 Å². The molecule has 12 heteroatoms. The van der Waals surface area contributed by atoms with Gasteiger partial charge in [-0.3, -0.25) is 9.78 Å². The summed E-state index contributed by atoms with van der Waals surface area (Å²) in [5.41, 5.74) is 1.22. The first-order chi connectivity index (χ1) is 16.6. The normalized spacial score (nSPS) is 18.5. The first kappa shape index (κ1) is 25.2. The van der Waals surface area contributed by atoms with Crippen LogP contribution in [0.25, 0.3) is 22.4 Å². The Morgan fingerprint density at radius 3 is 2.63 bits per heavy atom. The van der Waals surface area contributed by atoms with E-state index < -0.39 is 21.6 Å². The predicted molar refractivity (Wildman–Crippen MR) is 128 cm³/mol. The molecule has 0 unspecified atom stereocenters. The highest BCUT2D eigenvalue weighted by Gasteiger charge is 2.27. The van der Waals surface area contributed by atoms with Gasteiger partial charge in [0, 0.05) is 17.9 Å². The van der Waals surface area contributed by atoms with E-state index in [9.17, 15) is 17.6 Å². The summed E-state index contributed by atoms with van der Waals surface area (Å²) in [4.78, 5) is 22.9. The van der Waals surface area contributed by atoms with Crippen molar-refractivity contribution in [2.45, 2.75) is 38.2 Å². The zero-order valence-corrected chi connectivity index (χ0v) is 20.5. The van der Waals surface area contributed by atoms with Gasteiger partial charge in [0.15, 0.2) is 5.65 Å². The zero-order valence-electron chi connectivity index (χ0n) is 19.0. The molecule has 0 radical (unpaired) electrons. The molecule has 3 aromatic rings. The number of rotatable bonds is 9. The Hall–Kier alpha value is -2.92. The van der Waals surface area contributed by atoms with E-state index in [-0.39, 0.29) is 52.4 Å². The van der Waals surface area contributed by atoms with Crippen molar-refractivity contribution < 1.29 is 32.2 Å². The summed E-state index contributed by atoms with van der Waals surface area (Å²) in [6.45, 7) is 0.145. The van der Waals surface area contributed by atoms with Crippen LogP contribution >= 0.6 is 11.6 Å². The van der Waals surface area contributed by atoms with Gasteiger partial charge >= 0.3 is 5.97 Å². The van der Waals surface area contributed by atoms with Crippen LogP contribution < -0.4 is 9.47 Å². The number of nitrogens with zero attached hydrogens (tertiary/aromatic N) is 2. The van der Waals surface area contributed by atoms with E-state index in [1.54, 1.807) is 12.1 Å². The number of carboxylic acids is 1. The second kappa shape index (κ2) is 10.4. The molecule has 1 aromatic carbocycles. The summed E-state index contributed by atoms with van der Waals surface area (Å²) in [5.74, 6) is -1.45. The number of halogens is 2. The number of hydrogen-bond acceptors (Lipinski definition) is 7. The molecule has 1 fully saturated rings. The van der Waals surface area contributed by atoms with Crippen LogP contribution in [-0.4, -0.2) is 59.2 Å². The lowest BCUT2D eigenvalue weighted by atomic mass is 9.87. The zero-order chi connectivity index (χ0) is 25.2. The third kappa shape index (κ3) is 6.40. The molecule has 1 aliphatic carbocycles. The summed E-state index contributed by atoms with van der Waals surface area (Å²) in [5, 5.41) is 9.34. The van der Waals surface area contributed by atoms with Gasteiger partial charge in [0.05, 0.1) is 29.0 Å². The standard InChI is InChI=1S/C23H25ClFN3O6S/c1-35(31,32)10-2-9-33-15-7-8-16(18(25)11-15)20-17(24)12-19-21(27-20)28-23(26-19)34-14-5-3-13(4-6-14)22(29)30/h7-8,11-14H,2-6,9-10H2,1H3,(H,29,30)(H,26,27,28)/t13-,14-. The Bertz CT molecular complexity index is 1340. The number of imidazole rings is 1. The summed E-state index contributed by atoms with van der Waals surface area (Å²) < 4.78 is 48.6. The minimum Gasteiger partial charge on any atom is -0.493 e. The molecular formula is C23H25ClFN3O6S. The van der Waals surface area contributed by atoms with Gasteiger partial charge in [0.2, 0.25) is 0 Å². The molecule has 1 aliphatic rings. The van der Waals surface area contributed by atoms with Gasteiger partial charge in [-0.2, -0.15) is 4.98 Å². The number of pyridine rings is 1. The molecule has 0 atom stereocenters. The maximum atomic E-state index is 14.9. The van der Waals surface area contributed by atoms with E-state index in [1.165, 1.54) is 12.1 Å². The average Bonchev–Trinajstić information content (AvgIpc) is 3.17. The van der Waals surface area contributed by atoms with Crippen molar-refractivity contribution in [2.75, 3.05) is 18.6 Å². The second-order valence-corrected chi connectivity index (χ2v) is 11.3. The molecule has 4 rings (SSSR count). The van der Waals surface area contributed by atoms with E-state index in [0.717, 1.165) is 6.26 Å². The number of carboxylic acid groups (broad SMARTS) is 1. The summed E-state index contributed by atoms with van der Waals surface area (Å²) >= 11 is 6.37. The first-order valence-corrected chi connectivity index (χ1v) is 13.6. The smallest absolute Gasteiger partial charge is 0.306 e. The molecule has 0 spiro atoms. The molecule has 0 aliphatic heterocycles. The van der Waals surface area contributed by atoms with Crippen molar-refractivity contribution in [3.8, 4) is 23.0 Å². The average molecular weight is 526 g/mol. The highest BCUT2D eigenvalue weighted by molar-refractivity contribution is 7.90. The van der Waals surface area contributed by atoms with Crippen LogP contribution in [0.15, 0.2) is 24.3 Å². The number of ether oxygens (including phenoxy) is 2. The van der Waals surface area contributed by atoms with Crippen molar-refractivity contribution in [1.29, 1.82) is 0 Å². The molecular weight excluding hydrogens is 501 g/mol. The van der Waals surface area contributed by atoms with E-state index in [2.05, 4.69) is 15.0 Å². The van der Waals surface area contributed by atoms with Crippen LogP contribution in [0.5, 0.6) is 11.8 Å². The quantitative estimate of drug-likeness (QED) is 0.396. The van der Waals surface area contributed by atoms with Gasteiger partial charge in [-0.05, 0) is 50.3 Å². The Labute approximate surface area is 206 Å². The molecule has 9 nitrogen and oxygen atoms in total. The molecule has 2 heterocycles. The Kier molecular flexibility index (Phi) is 7.46. The Morgan fingerprint density at radius 1 is 1.23 bits per heavy atom. The van der Waals surface area contributed by atoms with E-state index in [0.29, 0.717) is 43.3 Å². The Morgan fingerprint density at radius 2 is 1.97 bits per heavy atom.